The molecule has 11 heteroatoms. The quantitative estimate of drug-likeness (QED) is 0.356. The minimum Gasteiger partial charge on any atom is -0.481 e. The molecule has 1 heterocycles. The number of aryl methyl sites for hydroxylation is 1. The molecule has 1 aromatic heterocycles. The second kappa shape index (κ2) is 10.3. The van der Waals surface area contributed by atoms with Crippen molar-refractivity contribution in [2.75, 3.05) is 13.7 Å². The van der Waals surface area contributed by atoms with Gasteiger partial charge in [0.1, 0.15) is 11.6 Å². The second-order valence-corrected chi connectivity index (χ2v) is 9.98. The minimum atomic E-state index is -3.87. The van der Waals surface area contributed by atoms with Gasteiger partial charge in [0, 0.05) is 31.6 Å². The number of benzene rings is 3. The molecule has 186 valence electrons. The number of hydrogen-bond donors (Lipinski definition) is 1. The lowest BCUT2D eigenvalue weighted by molar-refractivity contribution is -0.139. The maximum Gasteiger partial charge on any atom is 0.341 e. The molecule has 0 aliphatic carbocycles. The lowest BCUT2D eigenvalue weighted by Crippen LogP contribution is -2.26. The molecule has 0 amide bonds. The number of aromatic nitrogens is 2. The molecule has 4 rings (SSSR count). The SMILES string of the molecule is Cc1nnc(-c2cccc(-c3cc(CN(C)S(=O)(=O)c4ccc(F)cc4)ccc3OCC(=O)O)c2)o1. The van der Waals surface area contributed by atoms with Crippen LogP contribution in [-0.2, 0) is 21.4 Å². The van der Waals surface area contributed by atoms with E-state index in [2.05, 4.69) is 10.2 Å². The monoisotopic (exact) mass is 511 g/mol. The number of carboxylic acids is 1. The van der Waals surface area contributed by atoms with Crippen LogP contribution in [0.2, 0.25) is 0 Å². The van der Waals surface area contributed by atoms with Crippen LogP contribution >= 0.6 is 0 Å². The van der Waals surface area contributed by atoms with Crippen molar-refractivity contribution in [1.29, 1.82) is 0 Å². The van der Waals surface area contributed by atoms with Crippen LogP contribution in [0.5, 0.6) is 5.75 Å². The third-order valence-electron chi connectivity index (χ3n) is 5.27. The largest absolute Gasteiger partial charge is 0.481 e. The Morgan fingerprint density at radius 2 is 1.78 bits per heavy atom. The van der Waals surface area contributed by atoms with Crippen molar-refractivity contribution in [1.82, 2.24) is 14.5 Å². The lowest BCUT2D eigenvalue weighted by atomic mass is 9.99. The van der Waals surface area contributed by atoms with E-state index in [-0.39, 0.29) is 11.4 Å². The molecule has 3 aromatic carbocycles. The van der Waals surface area contributed by atoms with Gasteiger partial charge in [0.2, 0.25) is 21.8 Å². The van der Waals surface area contributed by atoms with Crippen molar-refractivity contribution in [3.8, 4) is 28.3 Å². The molecule has 1 N–H and O–H groups in total. The molecule has 0 aliphatic heterocycles. The fourth-order valence-electron chi connectivity index (χ4n) is 3.53. The van der Waals surface area contributed by atoms with Gasteiger partial charge in [-0.05, 0) is 59.7 Å². The Morgan fingerprint density at radius 1 is 1.06 bits per heavy atom. The van der Waals surface area contributed by atoms with Gasteiger partial charge in [-0.1, -0.05) is 18.2 Å². The summed E-state index contributed by atoms with van der Waals surface area (Å²) in [6, 6.07) is 16.7. The fraction of sp³-hybridized carbons (Fsp3) is 0.160. The van der Waals surface area contributed by atoms with Crippen molar-refractivity contribution in [3.05, 3.63) is 84.0 Å². The molecular weight excluding hydrogens is 489 g/mol. The van der Waals surface area contributed by atoms with Crippen LogP contribution in [0.15, 0.2) is 76.0 Å². The Hall–Kier alpha value is -4.09. The number of aliphatic carboxylic acids is 1. The van der Waals surface area contributed by atoms with Crippen LogP contribution in [0.4, 0.5) is 4.39 Å². The Bertz CT molecular complexity index is 1500. The van der Waals surface area contributed by atoms with E-state index >= 15 is 0 Å². The molecule has 0 unspecified atom stereocenters. The third-order valence-corrected chi connectivity index (χ3v) is 7.09. The van der Waals surface area contributed by atoms with E-state index in [0.29, 0.717) is 39.8 Å². The first kappa shape index (κ1) is 25.0. The van der Waals surface area contributed by atoms with Gasteiger partial charge < -0.3 is 14.3 Å². The second-order valence-electron chi connectivity index (χ2n) is 7.93. The van der Waals surface area contributed by atoms with Crippen molar-refractivity contribution < 1.29 is 31.9 Å². The maximum atomic E-state index is 13.2. The van der Waals surface area contributed by atoms with Crippen LogP contribution in [0.1, 0.15) is 11.5 Å². The average Bonchev–Trinajstić information content (AvgIpc) is 3.29. The Balaban J connectivity index is 1.69. The zero-order chi connectivity index (χ0) is 25.9. The number of carbonyl (C=O) groups is 1. The first-order valence-electron chi connectivity index (χ1n) is 10.7. The van der Waals surface area contributed by atoms with E-state index < -0.39 is 28.4 Å². The summed E-state index contributed by atoms with van der Waals surface area (Å²) < 4.78 is 51.3. The van der Waals surface area contributed by atoms with Crippen LogP contribution in [0, 0.1) is 12.7 Å². The molecule has 0 bridgehead atoms. The van der Waals surface area contributed by atoms with E-state index in [0.717, 1.165) is 16.4 Å². The topological polar surface area (TPSA) is 123 Å². The summed E-state index contributed by atoms with van der Waals surface area (Å²) in [5.41, 5.74) is 2.51. The lowest BCUT2D eigenvalue weighted by Gasteiger charge is -2.19. The summed E-state index contributed by atoms with van der Waals surface area (Å²) in [5, 5.41) is 16.9. The predicted molar refractivity (Wildman–Crippen MR) is 128 cm³/mol. The highest BCUT2D eigenvalue weighted by molar-refractivity contribution is 7.89. The van der Waals surface area contributed by atoms with E-state index in [9.17, 15) is 17.6 Å². The summed E-state index contributed by atoms with van der Waals surface area (Å²) >= 11 is 0. The van der Waals surface area contributed by atoms with Gasteiger partial charge in [0.05, 0.1) is 4.90 Å². The van der Waals surface area contributed by atoms with E-state index in [4.69, 9.17) is 14.3 Å². The van der Waals surface area contributed by atoms with Crippen molar-refractivity contribution >= 4 is 16.0 Å². The van der Waals surface area contributed by atoms with Gasteiger partial charge in [-0.3, -0.25) is 0 Å². The Kier molecular flexibility index (Phi) is 7.13. The molecule has 0 saturated carbocycles. The highest BCUT2D eigenvalue weighted by Crippen LogP contribution is 2.34. The third kappa shape index (κ3) is 5.58. The summed E-state index contributed by atoms with van der Waals surface area (Å²) in [6.45, 7) is 1.14. The summed E-state index contributed by atoms with van der Waals surface area (Å²) in [4.78, 5) is 11.1. The van der Waals surface area contributed by atoms with Gasteiger partial charge in [-0.25, -0.2) is 17.6 Å². The smallest absolute Gasteiger partial charge is 0.341 e. The van der Waals surface area contributed by atoms with Crippen molar-refractivity contribution in [2.45, 2.75) is 18.4 Å². The van der Waals surface area contributed by atoms with Gasteiger partial charge in [0.25, 0.3) is 0 Å². The van der Waals surface area contributed by atoms with Gasteiger partial charge >= 0.3 is 5.97 Å². The molecule has 0 aliphatic rings. The molecule has 4 aromatic rings. The normalized spacial score (nSPS) is 11.6. The van der Waals surface area contributed by atoms with Crippen LogP contribution in [0.25, 0.3) is 22.6 Å². The van der Waals surface area contributed by atoms with Gasteiger partial charge in [-0.2, -0.15) is 4.31 Å². The molecule has 0 spiro atoms. The molecular formula is C25H22FN3O6S. The van der Waals surface area contributed by atoms with Crippen LogP contribution in [0.3, 0.4) is 0 Å². The van der Waals surface area contributed by atoms with Crippen LogP contribution in [-0.4, -0.2) is 47.7 Å². The molecule has 9 nitrogen and oxygen atoms in total. The Labute approximate surface area is 206 Å². The average molecular weight is 512 g/mol. The molecule has 0 radical (unpaired) electrons. The zero-order valence-corrected chi connectivity index (χ0v) is 20.2. The van der Waals surface area contributed by atoms with E-state index in [1.54, 1.807) is 49.4 Å². The van der Waals surface area contributed by atoms with E-state index in [1.807, 2.05) is 0 Å². The highest BCUT2D eigenvalue weighted by Gasteiger charge is 2.22. The van der Waals surface area contributed by atoms with E-state index in [1.165, 1.54) is 19.2 Å². The maximum absolute atomic E-state index is 13.2. The molecule has 0 fully saturated rings. The molecule has 0 saturated heterocycles. The molecule has 0 atom stereocenters. The zero-order valence-electron chi connectivity index (χ0n) is 19.4. The molecule has 36 heavy (non-hydrogen) atoms. The standard InChI is InChI=1S/C25H22FN3O6S/c1-16-27-28-25(35-16)19-5-3-4-18(13-19)22-12-17(6-11-23(22)34-15-24(30)31)14-29(2)36(32,33)21-9-7-20(26)8-10-21/h3-13H,14-15H2,1-2H3,(H,30,31). The summed E-state index contributed by atoms with van der Waals surface area (Å²) in [7, 11) is -2.45. The number of carboxylic acid groups (broad SMARTS) is 1. The number of nitrogens with zero attached hydrogens (tertiary/aromatic N) is 3. The first-order chi connectivity index (χ1) is 17.1. The predicted octanol–water partition coefficient (Wildman–Crippen LogP) is 4.14. The number of sulfonamides is 1. The summed E-state index contributed by atoms with van der Waals surface area (Å²) in [6.07, 6.45) is 0. The number of halogens is 1. The first-order valence-corrected chi connectivity index (χ1v) is 12.2. The summed E-state index contributed by atoms with van der Waals surface area (Å²) in [5.74, 6) is -0.623. The van der Waals surface area contributed by atoms with Gasteiger partial charge in [0.15, 0.2) is 6.61 Å². The number of rotatable bonds is 9. The number of hydrogen-bond acceptors (Lipinski definition) is 7. The number of ether oxygens (including phenoxy) is 1. The van der Waals surface area contributed by atoms with Crippen LogP contribution < -0.4 is 4.74 Å². The Morgan fingerprint density at radius 3 is 2.44 bits per heavy atom. The van der Waals surface area contributed by atoms with Gasteiger partial charge in [-0.15, -0.1) is 10.2 Å². The minimum absolute atomic E-state index is 0.00840. The fourth-order valence-corrected chi connectivity index (χ4v) is 4.69. The highest BCUT2D eigenvalue weighted by atomic mass is 32.2. The van der Waals surface area contributed by atoms with Crippen molar-refractivity contribution in [2.24, 2.45) is 0 Å². The van der Waals surface area contributed by atoms with Crippen molar-refractivity contribution in [3.63, 3.8) is 0 Å².